The van der Waals surface area contributed by atoms with E-state index in [0.29, 0.717) is 23.2 Å². The lowest BCUT2D eigenvalue weighted by Crippen LogP contribution is -2.26. The largest absolute Gasteiger partial charge is 0.464 e. The molecule has 8 heteroatoms. The van der Waals surface area contributed by atoms with Crippen molar-refractivity contribution < 1.29 is 14.3 Å². The van der Waals surface area contributed by atoms with Gasteiger partial charge in [0.2, 0.25) is 5.91 Å². The van der Waals surface area contributed by atoms with Crippen molar-refractivity contribution in [3.8, 4) is 0 Å². The third-order valence-electron chi connectivity index (χ3n) is 3.79. The molecule has 0 bridgehead atoms. The van der Waals surface area contributed by atoms with Gasteiger partial charge in [-0.15, -0.1) is 11.3 Å². The van der Waals surface area contributed by atoms with E-state index in [2.05, 4.69) is 24.1 Å². The maximum absolute atomic E-state index is 12.8. The Bertz CT molecular complexity index is 726. The number of carbonyl (C=O) groups is 2. The second-order valence-electron chi connectivity index (χ2n) is 6.30. The van der Waals surface area contributed by atoms with Crippen LogP contribution < -0.4 is 5.32 Å². The minimum absolute atomic E-state index is 0.128. The molecule has 1 N–H and O–H groups in total. The third kappa shape index (κ3) is 5.35. The Morgan fingerprint density at radius 1 is 1.35 bits per heavy atom. The highest BCUT2D eigenvalue weighted by molar-refractivity contribution is 7.98. The van der Waals surface area contributed by atoms with Gasteiger partial charge in [-0.25, -0.2) is 9.78 Å². The molecule has 0 saturated carbocycles. The van der Waals surface area contributed by atoms with Gasteiger partial charge in [-0.3, -0.25) is 4.79 Å². The van der Waals surface area contributed by atoms with Gasteiger partial charge in [0.15, 0.2) is 10.8 Å². The van der Waals surface area contributed by atoms with Crippen LogP contribution in [0.5, 0.6) is 0 Å². The maximum atomic E-state index is 12.8. The number of esters is 1. The maximum Gasteiger partial charge on any atom is 0.357 e. The normalized spacial score (nSPS) is 12.2. The molecule has 0 aliphatic carbocycles. The zero-order valence-electron chi connectivity index (χ0n) is 15.5. The Labute approximate surface area is 162 Å². The quantitative estimate of drug-likeness (QED) is 0.653. The molecule has 0 unspecified atom stereocenters. The van der Waals surface area contributed by atoms with Crippen molar-refractivity contribution in [2.75, 3.05) is 24.4 Å². The van der Waals surface area contributed by atoms with Gasteiger partial charge in [-0.05, 0) is 42.9 Å². The molecular weight excluding hydrogens is 370 g/mol. The number of ether oxygens (including phenoxy) is 1. The number of thiazole rings is 1. The molecule has 0 saturated heterocycles. The van der Waals surface area contributed by atoms with Gasteiger partial charge in [-0.1, -0.05) is 13.8 Å². The van der Waals surface area contributed by atoms with E-state index in [-0.39, 0.29) is 11.9 Å². The number of methoxy groups -OCH3 is 1. The predicted octanol–water partition coefficient (Wildman–Crippen LogP) is 3.86. The number of anilines is 1. The van der Waals surface area contributed by atoms with E-state index >= 15 is 0 Å². The second kappa shape index (κ2) is 9.78. The number of hydrogen-bond donors (Lipinski definition) is 1. The SMILES string of the molecule is COC(=O)c1nc(NC(=O)[C@@H](CCSC)n2cccc2)sc1CC(C)C. The van der Waals surface area contributed by atoms with E-state index < -0.39 is 5.97 Å². The highest BCUT2D eigenvalue weighted by atomic mass is 32.2. The van der Waals surface area contributed by atoms with Crippen LogP contribution >= 0.6 is 23.1 Å². The minimum Gasteiger partial charge on any atom is -0.464 e. The first-order valence-corrected chi connectivity index (χ1v) is 10.7. The van der Waals surface area contributed by atoms with Crippen LogP contribution in [-0.2, 0) is 16.0 Å². The van der Waals surface area contributed by atoms with Gasteiger partial charge in [0.1, 0.15) is 6.04 Å². The van der Waals surface area contributed by atoms with Crippen LogP contribution in [-0.4, -0.2) is 40.5 Å². The first-order chi connectivity index (χ1) is 12.5. The molecule has 2 aromatic heterocycles. The molecule has 2 heterocycles. The highest BCUT2D eigenvalue weighted by Gasteiger charge is 2.24. The van der Waals surface area contributed by atoms with E-state index in [1.807, 2.05) is 35.3 Å². The summed E-state index contributed by atoms with van der Waals surface area (Å²) in [6, 6.07) is 3.49. The van der Waals surface area contributed by atoms with E-state index in [9.17, 15) is 9.59 Å². The van der Waals surface area contributed by atoms with Crippen molar-refractivity contribution >= 4 is 40.1 Å². The number of amides is 1. The zero-order valence-corrected chi connectivity index (χ0v) is 17.2. The highest BCUT2D eigenvalue weighted by Crippen LogP contribution is 2.27. The molecule has 0 fully saturated rings. The summed E-state index contributed by atoms with van der Waals surface area (Å²) < 4.78 is 6.72. The molecule has 2 rings (SSSR count). The van der Waals surface area contributed by atoms with Gasteiger partial charge in [-0.2, -0.15) is 11.8 Å². The summed E-state index contributed by atoms with van der Waals surface area (Å²) >= 11 is 3.04. The van der Waals surface area contributed by atoms with E-state index in [4.69, 9.17) is 4.74 Å². The predicted molar refractivity (Wildman–Crippen MR) is 107 cm³/mol. The van der Waals surface area contributed by atoms with E-state index in [0.717, 1.165) is 17.1 Å². The van der Waals surface area contributed by atoms with Crippen LogP contribution in [0.25, 0.3) is 0 Å². The summed E-state index contributed by atoms with van der Waals surface area (Å²) in [6.45, 7) is 4.15. The summed E-state index contributed by atoms with van der Waals surface area (Å²) in [5.41, 5.74) is 0.295. The minimum atomic E-state index is -0.471. The average molecular weight is 396 g/mol. The Balaban J connectivity index is 2.20. The Morgan fingerprint density at radius 3 is 2.62 bits per heavy atom. The molecule has 0 spiro atoms. The molecule has 0 radical (unpaired) electrons. The summed E-state index contributed by atoms with van der Waals surface area (Å²) in [7, 11) is 1.34. The standard InChI is InChI=1S/C18H25N3O3S2/c1-12(2)11-14-15(17(23)24-3)19-18(26-14)20-16(22)13(7-10-25-4)21-8-5-6-9-21/h5-6,8-9,12-13H,7,10-11H2,1-4H3,(H,19,20,22)/t13-/m1/s1. The Hall–Kier alpha value is -1.80. The van der Waals surface area contributed by atoms with Crippen molar-refractivity contribution in [2.24, 2.45) is 5.92 Å². The molecule has 0 aromatic carbocycles. The van der Waals surface area contributed by atoms with E-state index in [1.165, 1.54) is 18.4 Å². The van der Waals surface area contributed by atoms with Gasteiger partial charge >= 0.3 is 5.97 Å². The van der Waals surface area contributed by atoms with E-state index in [1.54, 1.807) is 11.8 Å². The van der Waals surface area contributed by atoms with Crippen molar-refractivity contribution in [1.29, 1.82) is 0 Å². The number of rotatable bonds is 9. The molecule has 6 nitrogen and oxygen atoms in total. The molecule has 1 amide bonds. The average Bonchev–Trinajstić information content (AvgIpc) is 3.24. The number of nitrogens with zero attached hydrogens (tertiary/aromatic N) is 2. The van der Waals surface area contributed by atoms with Crippen LogP contribution in [0.2, 0.25) is 0 Å². The Morgan fingerprint density at radius 2 is 2.04 bits per heavy atom. The number of hydrogen-bond acceptors (Lipinski definition) is 6. The van der Waals surface area contributed by atoms with Crippen molar-refractivity contribution in [3.05, 3.63) is 35.1 Å². The zero-order chi connectivity index (χ0) is 19.1. The lowest BCUT2D eigenvalue weighted by Gasteiger charge is -2.17. The van der Waals surface area contributed by atoms with Crippen molar-refractivity contribution in [3.63, 3.8) is 0 Å². The lowest BCUT2D eigenvalue weighted by atomic mass is 10.1. The van der Waals surface area contributed by atoms with Gasteiger partial charge in [0.25, 0.3) is 0 Å². The first-order valence-electron chi connectivity index (χ1n) is 8.46. The Kier molecular flexibility index (Phi) is 7.71. The fourth-order valence-corrected chi connectivity index (χ4v) is 4.18. The lowest BCUT2D eigenvalue weighted by molar-refractivity contribution is -0.119. The number of carbonyl (C=O) groups excluding carboxylic acids is 2. The van der Waals surface area contributed by atoms with Crippen LogP contribution in [0, 0.1) is 5.92 Å². The summed E-state index contributed by atoms with van der Waals surface area (Å²) in [5, 5.41) is 3.32. The number of nitrogens with one attached hydrogen (secondary N) is 1. The van der Waals surface area contributed by atoms with Gasteiger partial charge in [0.05, 0.1) is 7.11 Å². The molecule has 26 heavy (non-hydrogen) atoms. The van der Waals surface area contributed by atoms with Crippen LogP contribution in [0.1, 0.15) is 41.7 Å². The van der Waals surface area contributed by atoms with Crippen LogP contribution in [0.4, 0.5) is 5.13 Å². The smallest absolute Gasteiger partial charge is 0.357 e. The summed E-state index contributed by atoms with van der Waals surface area (Å²) in [4.78, 5) is 29.9. The molecular formula is C18H25N3O3S2. The topological polar surface area (TPSA) is 73.2 Å². The number of aromatic nitrogens is 2. The first kappa shape index (κ1) is 20.5. The third-order valence-corrected chi connectivity index (χ3v) is 5.42. The van der Waals surface area contributed by atoms with Gasteiger partial charge in [0, 0.05) is 17.3 Å². The summed E-state index contributed by atoms with van der Waals surface area (Å²) in [6.07, 6.45) is 7.22. The summed E-state index contributed by atoms with van der Waals surface area (Å²) in [5.74, 6) is 0.648. The molecule has 0 aliphatic rings. The fraction of sp³-hybridized carbons (Fsp3) is 0.500. The van der Waals surface area contributed by atoms with Gasteiger partial charge < -0.3 is 14.6 Å². The number of thioether (sulfide) groups is 1. The second-order valence-corrected chi connectivity index (χ2v) is 8.37. The van der Waals surface area contributed by atoms with Crippen molar-refractivity contribution in [2.45, 2.75) is 32.7 Å². The molecule has 1 atom stereocenters. The molecule has 2 aromatic rings. The van der Waals surface area contributed by atoms with Crippen LogP contribution in [0.3, 0.4) is 0 Å². The molecule has 0 aliphatic heterocycles. The molecule has 142 valence electrons. The fourth-order valence-electron chi connectivity index (χ4n) is 2.56. The monoisotopic (exact) mass is 395 g/mol. The van der Waals surface area contributed by atoms with Crippen molar-refractivity contribution in [1.82, 2.24) is 9.55 Å². The van der Waals surface area contributed by atoms with Crippen LogP contribution in [0.15, 0.2) is 24.5 Å².